The first kappa shape index (κ1) is 34.0. The number of carbonyl (C=O) groups excluding carboxylic acids is 2. The molecule has 258 valence electrons. The van der Waals surface area contributed by atoms with E-state index in [0.29, 0.717) is 47.3 Å². The molecule has 0 saturated carbocycles. The molecule has 2 atom stereocenters. The van der Waals surface area contributed by atoms with E-state index < -0.39 is 52.7 Å². The van der Waals surface area contributed by atoms with Crippen LogP contribution < -0.4 is 0 Å². The number of piperazine rings is 1. The average molecular weight is 686 g/mol. The molecular weight excluding hydrogens is 652 g/mol. The van der Waals surface area contributed by atoms with Crippen molar-refractivity contribution in [3.8, 4) is 0 Å². The Hall–Kier alpha value is -4.88. The van der Waals surface area contributed by atoms with E-state index >= 15 is 0 Å². The van der Waals surface area contributed by atoms with E-state index in [0.717, 1.165) is 5.57 Å². The van der Waals surface area contributed by atoms with Gasteiger partial charge in [0.2, 0.25) is 0 Å². The monoisotopic (exact) mass is 685 g/mol. The molecule has 2 aromatic heterocycles. The van der Waals surface area contributed by atoms with Crippen LogP contribution in [0.25, 0.3) is 16.5 Å². The molecule has 4 heterocycles. The zero-order valence-corrected chi connectivity index (χ0v) is 26.8. The van der Waals surface area contributed by atoms with Crippen LogP contribution in [0.15, 0.2) is 73.3 Å². The number of carbonyl (C=O) groups is 2. The molecule has 2 aromatic carbocycles. The highest BCUT2D eigenvalue weighted by atomic mass is 19.4. The van der Waals surface area contributed by atoms with E-state index in [1.807, 2.05) is 11.1 Å². The van der Waals surface area contributed by atoms with Gasteiger partial charge in [-0.05, 0) is 75.9 Å². The maximum Gasteiger partial charge on any atom is 0.419 e. The van der Waals surface area contributed by atoms with Crippen LogP contribution in [-0.2, 0) is 23.5 Å². The van der Waals surface area contributed by atoms with Gasteiger partial charge in [-0.25, -0.2) is 14.8 Å². The Morgan fingerprint density at radius 3 is 2.18 bits per heavy atom. The molecule has 49 heavy (non-hydrogen) atoms. The van der Waals surface area contributed by atoms with Crippen LogP contribution in [0.1, 0.15) is 66.5 Å². The van der Waals surface area contributed by atoms with Crippen molar-refractivity contribution in [1.82, 2.24) is 24.3 Å². The van der Waals surface area contributed by atoms with Gasteiger partial charge in [0.25, 0.3) is 5.91 Å². The van der Waals surface area contributed by atoms with Gasteiger partial charge in [0.05, 0.1) is 22.7 Å². The van der Waals surface area contributed by atoms with Gasteiger partial charge in [-0.2, -0.15) is 26.3 Å². The van der Waals surface area contributed by atoms with Crippen LogP contribution in [-0.4, -0.2) is 67.1 Å². The van der Waals surface area contributed by atoms with Crippen molar-refractivity contribution < 1.29 is 40.7 Å². The van der Waals surface area contributed by atoms with Crippen molar-refractivity contribution in [2.45, 2.75) is 70.1 Å². The molecule has 4 aromatic rings. The largest absolute Gasteiger partial charge is 0.443 e. The lowest BCUT2D eigenvalue weighted by Gasteiger charge is -2.48. The number of fused-ring (bicyclic) bond motifs is 2. The molecule has 6 rings (SSSR count). The predicted molar refractivity (Wildman–Crippen MR) is 168 cm³/mol. The third kappa shape index (κ3) is 7.27. The molecule has 2 unspecified atom stereocenters. The summed E-state index contributed by atoms with van der Waals surface area (Å²) in [6.45, 7) is 5.46. The normalized spacial score (nSPS) is 18.7. The van der Waals surface area contributed by atoms with E-state index in [-0.39, 0.29) is 31.6 Å². The lowest BCUT2D eigenvalue weighted by Crippen LogP contribution is -2.59. The first-order valence-corrected chi connectivity index (χ1v) is 15.6. The minimum Gasteiger partial charge on any atom is -0.443 e. The zero-order valence-electron chi connectivity index (χ0n) is 26.8. The highest BCUT2D eigenvalue weighted by Crippen LogP contribution is 2.38. The summed E-state index contributed by atoms with van der Waals surface area (Å²) in [7, 11) is 0. The highest BCUT2D eigenvalue weighted by molar-refractivity contribution is 5.95. The van der Waals surface area contributed by atoms with Gasteiger partial charge in [0.15, 0.2) is 5.82 Å². The number of allylic oxidation sites excluding steroid dienone is 1. The number of alkyl halides is 6. The molecule has 2 aliphatic rings. The smallest absolute Gasteiger partial charge is 0.419 e. The molecule has 0 bridgehead atoms. The second-order valence-electron chi connectivity index (χ2n) is 13.2. The standard InChI is InChI=1S/C35H33F6N5O3/c1-33(2,3)49-32(48)46-18-23(28-7-4-5-8-29(28)46)15-27-19-44-17-21(30-42-11-6-12-43-30)9-10-26(44)20-45(27)31(47)22-13-24(34(36,37)38)16-25(14-22)35(39,40)41/h4-8,11-14,16-18,26-27H,9-10,15,19-20H2,1-3H3. The Morgan fingerprint density at radius 1 is 0.898 bits per heavy atom. The Balaban J connectivity index is 1.41. The SMILES string of the molecule is CC(C)(C)OC(=O)n1cc(CC2CN3C=C(c4ncccn4)CCC3CN2C(=O)c2cc(C(F)(F)F)cc(C(F)(F)F)c2)c2ccccc21. The molecule has 14 heteroatoms. The van der Waals surface area contributed by atoms with Gasteiger partial charge in [-0.15, -0.1) is 0 Å². The minimum absolute atomic E-state index is 0.0108. The molecule has 0 aliphatic carbocycles. The summed E-state index contributed by atoms with van der Waals surface area (Å²) < 4.78 is 89.6. The molecule has 8 nitrogen and oxygen atoms in total. The number of ether oxygens (including phenoxy) is 1. The maximum atomic E-state index is 14.1. The van der Waals surface area contributed by atoms with Crippen molar-refractivity contribution in [3.63, 3.8) is 0 Å². The molecule has 1 fully saturated rings. The van der Waals surface area contributed by atoms with Crippen LogP contribution in [0.3, 0.4) is 0 Å². The fraction of sp³-hybridized carbons (Fsp3) is 0.371. The first-order chi connectivity index (χ1) is 23.0. The van der Waals surface area contributed by atoms with Crippen molar-refractivity contribution >= 4 is 28.5 Å². The Labute approximate surface area is 278 Å². The number of nitrogens with zero attached hydrogens (tertiary/aromatic N) is 5. The molecule has 0 radical (unpaired) electrons. The Bertz CT molecular complexity index is 1880. The Kier molecular flexibility index (Phi) is 8.70. The quantitative estimate of drug-likeness (QED) is 0.204. The van der Waals surface area contributed by atoms with Gasteiger partial charge in [-0.3, -0.25) is 9.36 Å². The molecule has 1 amide bonds. The predicted octanol–water partition coefficient (Wildman–Crippen LogP) is 7.82. The van der Waals surface area contributed by atoms with Gasteiger partial charge in [-0.1, -0.05) is 18.2 Å². The fourth-order valence-corrected chi connectivity index (χ4v) is 6.41. The number of hydrogen-bond acceptors (Lipinski definition) is 6. The molecule has 0 N–H and O–H groups in total. The average Bonchev–Trinajstić information content (AvgIpc) is 3.41. The summed E-state index contributed by atoms with van der Waals surface area (Å²) in [6.07, 6.45) is -2.83. The third-order valence-corrected chi connectivity index (χ3v) is 8.60. The van der Waals surface area contributed by atoms with Crippen molar-refractivity contribution in [3.05, 3.63) is 101 Å². The summed E-state index contributed by atoms with van der Waals surface area (Å²) >= 11 is 0. The van der Waals surface area contributed by atoms with Gasteiger partial charge in [0, 0.05) is 60.4 Å². The topological polar surface area (TPSA) is 80.6 Å². The van der Waals surface area contributed by atoms with Crippen molar-refractivity contribution in [1.29, 1.82) is 0 Å². The maximum absolute atomic E-state index is 14.1. The van der Waals surface area contributed by atoms with Crippen LogP contribution in [0.4, 0.5) is 31.1 Å². The van der Waals surface area contributed by atoms with Crippen LogP contribution in [0, 0.1) is 0 Å². The fourth-order valence-electron chi connectivity index (χ4n) is 6.41. The van der Waals surface area contributed by atoms with Crippen LogP contribution >= 0.6 is 0 Å². The lowest BCUT2D eigenvalue weighted by atomic mass is 9.92. The number of aromatic nitrogens is 3. The van der Waals surface area contributed by atoms with Crippen LogP contribution in [0.5, 0.6) is 0 Å². The number of benzene rings is 2. The van der Waals surface area contributed by atoms with Crippen LogP contribution in [0.2, 0.25) is 0 Å². The Morgan fingerprint density at radius 2 is 1.55 bits per heavy atom. The molecule has 2 aliphatic heterocycles. The molecular formula is C35H33F6N5O3. The highest BCUT2D eigenvalue weighted by Gasteiger charge is 2.41. The summed E-state index contributed by atoms with van der Waals surface area (Å²) in [4.78, 5) is 39.4. The second kappa shape index (κ2) is 12.5. The molecule has 1 saturated heterocycles. The van der Waals surface area contributed by atoms with Crippen molar-refractivity contribution in [2.75, 3.05) is 13.1 Å². The summed E-state index contributed by atoms with van der Waals surface area (Å²) in [5, 5.41) is 0.689. The lowest BCUT2D eigenvalue weighted by molar-refractivity contribution is -0.143. The van der Waals surface area contributed by atoms with Gasteiger partial charge >= 0.3 is 18.4 Å². The van der Waals surface area contributed by atoms with Gasteiger partial charge < -0.3 is 14.5 Å². The summed E-state index contributed by atoms with van der Waals surface area (Å²) in [5.74, 6) is -0.404. The van der Waals surface area contributed by atoms with E-state index in [9.17, 15) is 35.9 Å². The van der Waals surface area contributed by atoms with E-state index in [4.69, 9.17) is 4.74 Å². The number of rotatable bonds is 4. The second-order valence-corrected chi connectivity index (χ2v) is 13.2. The molecule has 0 spiro atoms. The zero-order chi connectivity index (χ0) is 35.3. The van der Waals surface area contributed by atoms with E-state index in [1.165, 1.54) is 9.47 Å². The third-order valence-electron chi connectivity index (χ3n) is 8.60. The van der Waals surface area contributed by atoms with E-state index in [2.05, 4.69) is 9.97 Å². The number of amides is 1. The van der Waals surface area contributed by atoms with Gasteiger partial charge in [0.1, 0.15) is 5.60 Å². The number of para-hydroxylation sites is 1. The first-order valence-electron chi connectivity index (χ1n) is 15.6. The number of hydrogen-bond donors (Lipinski definition) is 0. The summed E-state index contributed by atoms with van der Waals surface area (Å²) in [5.41, 5.74) is -2.55. The number of halogens is 6. The van der Waals surface area contributed by atoms with E-state index in [1.54, 1.807) is 69.7 Å². The minimum atomic E-state index is -5.11. The summed E-state index contributed by atoms with van der Waals surface area (Å²) in [6, 6.07) is 8.76. The van der Waals surface area contributed by atoms with Crippen molar-refractivity contribution in [2.24, 2.45) is 0 Å².